The van der Waals surface area contributed by atoms with Crippen LogP contribution in [0.25, 0.3) is 0 Å². The van der Waals surface area contributed by atoms with Gasteiger partial charge in [0.25, 0.3) is 0 Å². The molecule has 0 fully saturated rings. The second-order valence-electron chi connectivity index (χ2n) is 4.23. The quantitative estimate of drug-likeness (QED) is 0.682. The Morgan fingerprint density at radius 1 is 1.40 bits per heavy atom. The van der Waals surface area contributed by atoms with Crippen molar-refractivity contribution >= 4 is 41.6 Å². The standard InChI is InChI=1S/C12H12Cl2N4OS/c1-7(2)19-11-9(13)3-8(4-10(11)14)5-16-18-6-15-17-12(18)20/h3-7H,1-2H3,(H,17,20)/b16-5-. The van der Waals surface area contributed by atoms with Crippen LogP contribution in [0.2, 0.25) is 10.0 Å². The zero-order valence-electron chi connectivity index (χ0n) is 10.8. The molecule has 1 N–H and O–H groups in total. The number of rotatable bonds is 4. The van der Waals surface area contributed by atoms with Crippen molar-refractivity contribution in [2.45, 2.75) is 20.0 Å². The van der Waals surface area contributed by atoms with E-state index in [4.69, 9.17) is 40.2 Å². The molecule has 0 unspecified atom stereocenters. The summed E-state index contributed by atoms with van der Waals surface area (Å²) in [7, 11) is 0. The molecule has 2 aromatic rings. The Morgan fingerprint density at radius 3 is 2.55 bits per heavy atom. The molecule has 1 heterocycles. The van der Waals surface area contributed by atoms with Gasteiger partial charge in [-0.3, -0.25) is 5.10 Å². The summed E-state index contributed by atoms with van der Waals surface area (Å²) in [5, 5.41) is 11.4. The normalized spacial score (nSPS) is 11.4. The first-order valence-corrected chi connectivity index (χ1v) is 6.96. The molecule has 1 aromatic carbocycles. The number of benzene rings is 1. The van der Waals surface area contributed by atoms with Crippen molar-refractivity contribution in [3.8, 4) is 5.75 Å². The third kappa shape index (κ3) is 3.59. The van der Waals surface area contributed by atoms with Crippen LogP contribution in [-0.2, 0) is 0 Å². The summed E-state index contributed by atoms with van der Waals surface area (Å²) in [6.07, 6.45) is 3.05. The average molecular weight is 331 g/mol. The second-order valence-corrected chi connectivity index (χ2v) is 5.43. The fourth-order valence-corrected chi connectivity index (χ4v) is 2.20. The number of ether oxygens (including phenoxy) is 1. The third-order valence-corrected chi connectivity index (χ3v) is 3.08. The van der Waals surface area contributed by atoms with Crippen molar-refractivity contribution in [2.24, 2.45) is 5.10 Å². The van der Waals surface area contributed by atoms with Gasteiger partial charge in [-0.05, 0) is 43.8 Å². The second kappa shape index (κ2) is 6.39. The highest BCUT2D eigenvalue weighted by Crippen LogP contribution is 2.34. The molecule has 0 atom stereocenters. The predicted molar refractivity (Wildman–Crippen MR) is 82.6 cm³/mol. The molecule has 1 aromatic heterocycles. The van der Waals surface area contributed by atoms with Crippen molar-refractivity contribution in [3.05, 3.63) is 38.8 Å². The lowest BCUT2D eigenvalue weighted by atomic mass is 10.2. The number of halogens is 2. The molecule has 0 bridgehead atoms. The van der Waals surface area contributed by atoms with Gasteiger partial charge in [0, 0.05) is 0 Å². The Labute approximate surface area is 131 Å². The molecule has 5 nitrogen and oxygen atoms in total. The van der Waals surface area contributed by atoms with E-state index in [2.05, 4.69) is 15.3 Å². The first kappa shape index (κ1) is 15.0. The summed E-state index contributed by atoms with van der Waals surface area (Å²) in [4.78, 5) is 0. The highest BCUT2D eigenvalue weighted by Gasteiger charge is 2.10. The van der Waals surface area contributed by atoms with E-state index in [9.17, 15) is 0 Å². The van der Waals surface area contributed by atoms with Crippen LogP contribution in [0.5, 0.6) is 5.75 Å². The number of aromatic amines is 1. The third-order valence-electron chi connectivity index (χ3n) is 2.24. The summed E-state index contributed by atoms with van der Waals surface area (Å²) < 4.78 is 7.38. The van der Waals surface area contributed by atoms with E-state index in [0.717, 1.165) is 5.56 Å². The van der Waals surface area contributed by atoms with Gasteiger partial charge in [0.1, 0.15) is 6.33 Å². The zero-order valence-corrected chi connectivity index (χ0v) is 13.1. The smallest absolute Gasteiger partial charge is 0.216 e. The van der Waals surface area contributed by atoms with Crippen molar-refractivity contribution in [3.63, 3.8) is 0 Å². The molecular weight excluding hydrogens is 319 g/mol. The first-order valence-electron chi connectivity index (χ1n) is 5.79. The maximum absolute atomic E-state index is 6.15. The fourth-order valence-electron chi connectivity index (χ4n) is 1.46. The lowest BCUT2D eigenvalue weighted by Gasteiger charge is -2.13. The molecular formula is C12H12Cl2N4OS. The van der Waals surface area contributed by atoms with Crippen molar-refractivity contribution in [2.75, 3.05) is 0 Å². The van der Waals surface area contributed by atoms with E-state index < -0.39 is 0 Å². The maximum Gasteiger partial charge on any atom is 0.216 e. The van der Waals surface area contributed by atoms with Crippen LogP contribution in [0.4, 0.5) is 0 Å². The molecule has 0 amide bonds. The van der Waals surface area contributed by atoms with Gasteiger partial charge >= 0.3 is 0 Å². The molecule has 0 radical (unpaired) electrons. The highest BCUT2D eigenvalue weighted by molar-refractivity contribution is 7.71. The van der Waals surface area contributed by atoms with Crippen molar-refractivity contribution in [1.29, 1.82) is 0 Å². The number of nitrogens with one attached hydrogen (secondary N) is 1. The lowest BCUT2D eigenvalue weighted by Crippen LogP contribution is -2.06. The number of hydrogen-bond donors (Lipinski definition) is 1. The number of aromatic nitrogens is 3. The SMILES string of the molecule is CC(C)Oc1c(Cl)cc(/C=N\n2cn[nH]c2=S)cc1Cl. The van der Waals surface area contributed by atoms with Crippen LogP contribution in [0.3, 0.4) is 0 Å². The molecule has 8 heteroatoms. The summed E-state index contributed by atoms with van der Waals surface area (Å²) in [5.74, 6) is 0.473. The van der Waals surface area contributed by atoms with E-state index in [0.29, 0.717) is 20.6 Å². The minimum Gasteiger partial charge on any atom is -0.488 e. The van der Waals surface area contributed by atoms with E-state index in [1.165, 1.54) is 11.0 Å². The largest absolute Gasteiger partial charge is 0.488 e. The Balaban J connectivity index is 2.29. The van der Waals surface area contributed by atoms with E-state index in [1.807, 2.05) is 13.8 Å². The Kier molecular flexibility index (Phi) is 4.80. The molecule has 106 valence electrons. The minimum atomic E-state index is -0.00576. The molecule has 0 aliphatic rings. The Hall–Kier alpha value is -1.37. The van der Waals surface area contributed by atoms with Crippen LogP contribution < -0.4 is 4.74 Å². The minimum absolute atomic E-state index is 0.00576. The van der Waals surface area contributed by atoms with Crippen LogP contribution in [0, 0.1) is 4.77 Å². The molecule has 0 aliphatic heterocycles. The fraction of sp³-hybridized carbons (Fsp3) is 0.250. The summed E-state index contributed by atoms with van der Waals surface area (Å²) in [6, 6.07) is 3.44. The highest BCUT2D eigenvalue weighted by atomic mass is 35.5. The number of hydrogen-bond acceptors (Lipinski definition) is 4. The first-order chi connectivity index (χ1) is 9.47. The van der Waals surface area contributed by atoms with Gasteiger partial charge in [-0.2, -0.15) is 14.9 Å². The number of nitrogens with zero attached hydrogens (tertiary/aromatic N) is 3. The average Bonchev–Trinajstić information content (AvgIpc) is 2.77. The van der Waals surface area contributed by atoms with Crippen LogP contribution in [0.1, 0.15) is 19.4 Å². The molecule has 20 heavy (non-hydrogen) atoms. The van der Waals surface area contributed by atoms with Gasteiger partial charge in [-0.25, -0.2) is 0 Å². The van der Waals surface area contributed by atoms with Gasteiger partial charge in [0.2, 0.25) is 4.77 Å². The summed E-state index contributed by atoms with van der Waals surface area (Å²) in [6.45, 7) is 3.81. The van der Waals surface area contributed by atoms with Gasteiger partial charge in [0.15, 0.2) is 5.75 Å². The topological polar surface area (TPSA) is 55.2 Å². The number of H-pyrrole nitrogens is 1. The molecule has 0 saturated heterocycles. The Bertz CT molecular complexity index is 670. The van der Waals surface area contributed by atoms with E-state index in [-0.39, 0.29) is 6.10 Å². The molecule has 0 spiro atoms. The Morgan fingerprint density at radius 2 is 2.05 bits per heavy atom. The molecule has 2 rings (SSSR count). The maximum atomic E-state index is 6.15. The van der Waals surface area contributed by atoms with Crippen LogP contribution >= 0.6 is 35.4 Å². The molecule has 0 aliphatic carbocycles. The van der Waals surface area contributed by atoms with E-state index >= 15 is 0 Å². The zero-order chi connectivity index (χ0) is 14.7. The van der Waals surface area contributed by atoms with Crippen molar-refractivity contribution < 1.29 is 4.74 Å². The van der Waals surface area contributed by atoms with Crippen LogP contribution in [0.15, 0.2) is 23.6 Å². The lowest BCUT2D eigenvalue weighted by molar-refractivity contribution is 0.243. The summed E-state index contributed by atoms with van der Waals surface area (Å²) >= 11 is 17.3. The van der Waals surface area contributed by atoms with E-state index in [1.54, 1.807) is 18.3 Å². The van der Waals surface area contributed by atoms with Crippen molar-refractivity contribution in [1.82, 2.24) is 14.9 Å². The summed E-state index contributed by atoms with van der Waals surface area (Å²) in [5.41, 5.74) is 0.735. The van der Waals surface area contributed by atoms with Crippen LogP contribution in [-0.4, -0.2) is 27.2 Å². The van der Waals surface area contributed by atoms with Gasteiger partial charge < -0.3 is 4.74 Å². The van der Waals surface area contributed by atoms with Gasteiger partial charge in [-0.1, -0.05) is 23.2 Å². The predicted octanol–water partition coefficient (Wildman–Crippen LogP) is 3.92. The van der Waals surface area contributed by atoms with Gasteiger partial charge in [0.05, 0.1) is 22.4 Å². The van der Waals surface area contributed by atoms with Gasteiger partial charge in [-0.15, -0.1) is 0 Å². The molecule has 0 saturated carbocycles. The monoisotopic (exact) mass is 330 g/mol.